The Balaban J connectivity index is 1.42. The number of aryl methyl sites for hydroxylation is 3. The number of hydrogen-bond donors (Lipinski definition) is 1. The van der Waals surface area contributed by atoms with Crippen LogP contribution in [0.4, 0.5) is 0 Å². The third-order valence-electron chi connectivity index (χ3n) is 5.03. The van der Waals surface area contributed by atoms with Crippen LogP contribution in [0.25, 0.3) is 11.0 Å². The maximum atomic E-state index is 12.1. The van der Waals surface area contributed by atoms with E-state index in [0.29, 0.717) is 22.3 Å². The van der Waals surface area contributed by atoms with Gasteiger partial charge in [0.2, 0.25) is 0 Å². The Labute approximate surface area is 161 Å². The van der Waals surface area contributed by atoms with Gasteiger partial charge in [-0.1, -0.05) is 6.07 Å². The minimum atomic E-state index is -0.568. The molecule has 1 aliphatic carbocycles. The zero-order chi connectivity index (χ0) is 19.7. The zero-order valence-electron chi connectivity index (χ0n) is 15.5. The largest absolute Gasteiger partial charge is 0.508 e. The SMILES string of the molecule is Cc1c(O)ccc2c(COC(=O)COc3ccc4c(c3)CCC4)cc(=O)oc12. The maximum absolute atomic E-state index is 12.1. The Hall–Kier alpha value is -3.28. The van der Waals surface area contributed by atoms with Gasteiger partial charge in [-0.3, -0.25) is 0 Å². The van der Waals surface area contributed by atoms with E-state index < -0.39 is 11.6 Å². The molecule has 0 saturated carbocycles. The van der Waals surface area contributed by atoms with Gasteiger partial charge in [-0.15, -0.1) is 0 Å². The molecule has 1 aromatic heterocycles. The van der Waals surface area contributed by atoms with Gasteiger partial charge >= 0.3 is 11.6 Å². The van der Waals surface area contributed by atoms with Crippen molar-refractivity contribution in [1.82, 2.24) is 0 Å². The molecule has 4 rings (SSSR count). The predicted molar refractivity (Wildman–Crippen MR) is 103 cm³/mol. The molecule has 0 atom stereocenters. The summed E-state index contributed by atoms with van der Waals surface area (Å²) in [5.74, 6) is 0.152. The van der Waals surface area contributed by atoms with Crippen LogP contribution in [0.15, 0.2) is 45.6 Å². The highest BCUT2D eigenvalue weighted by Gasteiger charge is 2.14. The van der Waals surface area contributed by atoms with Crippen molar-refractivity contribution in [1.29, 1.82) is 0 Å². The van der Waals surface area contributed by atoms with E-state index in [2.05, 4.69) is 0 Å². The molecule has 0 unspecified atom stereocenters. The number of hydrogen-bond acceptors (Lipinski definition) is 6. The van der Waals surface area contributed by atoms with E-state index >= 15 is 0 Å². The highest BCUT2D eigenvalue weighted by atomic mass is 16.6. The van der Waals surface area contributed by atoms with Crippen molar-refractivity contribution >= 4 is 16.9 Å². The number of fused-ring (bicyclic) bond motifs is 2. The second kappa shape index (κ2) is 7.38. The van der Waals surface area contributed by atoms with Gasteiger partial charge in [0.15, 0.2) is 6.61 Å². The van der Waals surface area contributed by atoms with Crippen LogP contribution in [-0.2, 0) is 29.0 Å². The Morgan fingerprint density at radius 3 is 2.82 bits per heavy atom. The molecule has 0 radical (unpaired) electrons. The first kappa shape index (κ1) is 18.1. The zero-order valence-corrected chi connectivity index (χ0v) is 15.5. The molecule has 1 N–H and O–H groups in total. The average Bonchev–Trinajstić information content (AvgIpc) is 3.15. The van der Waals surface area contributed by atoms with Gasteiger partial charge < -0.3 is 19.0 Å². The molecule has 1 heterocycles. The molecule has 0 fully saturated rings. The molecule has 1 aliphatic rings. The molecule has 6 nitrogen and oxygen atoms in total. The molecular weight excluding hydrogens is 360 g/mol. The molecule has 144 valence electrons. The molecule has 3 aromatic rings. The summed E-state index contributed by atoms with van der Waals surface area (Å²) in [4.78, 5) is 23.9. The summed E-state index contributed by atoms with van der Waals surface area (Å²) in [5.41, 5.74) is 3.30. The van der Waals surface area contributed by atoms with Crippen molar-refractivity contribution in [2.24, 2.45) is 0 Å². The summed E-state index contributed by atoms with van der Waals surface area (Å²) in [6.45, 7) is 1.36. The number of carbonyl (C=O) groups excluding carboxylic acids is 1. The van der Waals surface area contributed by atoms with Gasteiger partial charge in [0, 0.05) is 22.6 Å². The summed E-state index contributed by atoms with van der Waals surface area (Å²) < 4.78 is 16.0. The lowest BCUT2D eigenvalue weighted by Gasteiger charge is -2.10. The number of rotatable bonds is 5. The van der Waals surface area contributed by atoms with Crippen LogP contribution in [0.5, 0.6) is 11.5 Å². The van der Waals surface area contributed by atoms with Crippen molar-refractivity contribution in [2.75, 3.05) is 6.61 Å². The maximum Gasteiger partial charge on any atom is 0.344 e. The summed E-state index contributed by atoms with van der Waals surface area (Å²) in [6.07, 6.45) is 3.28. The molecule has 28 heavy (non-hydrogen) atoms. The van der Waals surface area contributed by atoms with Crippen molar-refractivity contribution in [3.63, 3.8) is 0 Å². The van der Waals surface area contributed by atoms with Crippen molar-refractivity contribution in [3.8, 4) is 11.5 Å². The van der Waals surface area contributed by atoms with E-state index in [1.807, 2.05) is 18.2 Å². The van der Waals surface area contributed by atoms with Crippen LogP contribution in [0.1, 0.15) is 28.7 Å². The summed E-state index contributed by atoms with van der Waals surface area (Å²) >= 11 is 0. The van der Waals surface area contributed by atoms with Gasteiger partial charge in [-0.25, -0.2) is 9.59 Å². The number of ether oxygens (including phenoxy) is 2. The molecule has 6 heteroatoms. The van der Waals surface area contributed by atoms with Crippen molar-refractivity contribution in [3.05, 3.63) is 69.1 Å². The van der Waals surface area contributed by atoms with E-state index in [4.69, 9.17) is 13.9 Å². The second-order valence-electron chi connectivity index (χ2n) is 6.91. The Morgan fingerprint density at radius 2 is 1.96 bits per heavy atom. The standard InChI is InChI=1S/C22H20O6/c1-13-19(23)8-7-18-16(10-20(24)28-22(13)18)11-27-21(25)12-26-17-6-5-14-3-2-4-15(14)9-17/h5-10,23H,2-4,11-12H2,1H3. The normalized spacial score (nSPS) is 12.8. The molecular formula is C22H20O6. The Morgan fingerprint density at radius 1 is 1.14 bits per heavy atom. The highest BCUT2D eigenvalue weighted by Crippen LogP contribution is 2.28. The van der Waals surface area contributed by atoms with Gasteiger partial charge in [0.25, 0.3) is 0 Å². The summed E-state index contributed by atoms with van der Waals surface area (Å²) in [6, 6.07) is 10.3. The van der Waals surface area contributed by atoms with Gasteiger partial charge in [0.1, 0.15) is 23.7 Å². The smallest absolute Gasteiger partial charge is 0.344 e. The van der Waals surface area contributed by atoms with Gasteiger partial charge in [-0.2, -0.15) is 0 Å². The third kappa shape index (κ3) is 3.58. The van der Waals surface area contributed by atoms with Crippen LogP contribution in [0.2, 0.25) is 0 Å². The van der Waals surface area contributed by atoms with Crippen molar-refractivity contribution in [2.45, 2.75) is 32.8 Å². The van der Waals surface area contributed by atoms with Gasteiger partial charge in [-0.05, 0) is 61.6 Å². The lowest BCUT2D eigenvalue weighted by Crippen LogP contribution is -2.15. The first-order valence-corrected chi connectivity index (χ1v) is 9.17. The van der Waals surface area contributed by atoms with Gasteiger partial charge in [0.05, 0.1) is 0 Å². The van der Waals surface area contributed by atoms with Crippen LogP contribution in [0, 0.1) is 6.92 Å². The predicted octanol–water partition coefficient (Wildman–Crippen LogP) is 3.42. The number of esters is 1. The topological polar surface area (TPSA) is 86.0 Å². The lowest BCUT2D eigenvalue weighted by atomic mass is 10.1. The molecule has 0 amide bonds. The van der Waals surface area contributed by atoms with Crippen LogP contribution >= 0.6 is 0 Å². The molecule has 0 bridgehead atoms. The Bertz CT molecular complexity index is 1110. The molecule has 0 saturated heterocycles. The monoisotopic (exact) mass is 380 g/mol. The number of phenols is 1. The average molecular weight is 380 g/mol. The number of carbonyl (C=O) groups is 1. The van der Waals surface area contributed by atoms with Crippen molar-refractivity contribution < 1.29 is 23.8 Å². The first-order valence-electron chi connectivity index (χ1n) is 9.17. The molecule has 0 aliphatic heterocycles. The molecule has 2 aromatic carbocycles. The van der Waals surface area contributed by atoms with E-state index in [-0.39, 0.29) is 24.5 Å². The van der Waals surface area contributed by atoms with E-state index in [1.54, 1.807) is 13.0 Å². The third-order valence-corrected chi connectivity index (χ3v) is 5.03. The minimum Gasteiger partial charge on any atom is -0.508 e. The summed E-state index contributed by atoms with van der Waals surface area (Å²) in [7, 11) is 0. The minimum absolute atomic E-state index is 0.0348. The van der Waals surface area contributed by atoms with E-state index in [0.717, 1.165) is 19.3 Å². The fourth-order valence-electron chi connectivity index (χ4n) is 3.52. The first-order chi connectivity index (χ1) is 13.5. The molecule has 0 spiro atoms. The highest BCUT2D eigenvalue weighted by molar-refractivity contribution is 5.85. The number of aromatic hydroxyl groups is 1. The van der Waals surface area contributed by atoms with Crippen LogP contribution in [-0.4, -0.2) is 17.7 Å². The van der Waals surface area contributed by atoms with Crippen LogP contribution < -0.4 is 10.4 Å². The number of phenolic OH excluding ortho intramolecular Hbond substituents is 1. The van der Waals surface area contributed by atoms with E-state index in [1.165, 1.54) is 23.3 Å². The summed E-state index contributed by atoms with van der Waals surface area (Å²) in [5, 5.41) is 10.4. The van der Waals surface area contributed by atoms with Crippen LogP contribution in [0.3, 0.4) is 0 Å². The quantitative estimate of drug-likeness (QED) is 0.539. The second-order valence-corrected chi connectivity index (χ2v) is 6.91. The van der Waals surface area contributed by atoms with E-state index in [9.17, 15) is 14.7 Å². The Kier molecular flexibility index (Phi) is 4.77. The lowest BCUT2D eigenvalue weighted by molar-refractivity contribution is -0.147. The number of benzene rings is 2. The fraction of sp³-hybridized carbons (Fsp3) is 0.273. The fourth-order valence-corrected chi connectivity index (χ4v) is 3.52.